The van der Waals surface area contributed by atoms with E-state index in [0.29, 0.717) is 11.2 Å². The maximum absolute atomic E-state index is 5.97. The summed E-state index contributed by atoms with van der Waals surface area (Å²) >= 11 is 0. The van der Waals surface area contributed by atoms with Crippen LogP contribution in [0.25, 0.3) is 5.65 Å². The highest BCUT2D eigenvalue weighted by atomic mass is 15.3. The van der Waals surface area contributed by atoms with E-state index in [0.717, 1.165) is 23.3 Å². The van der Waals surface area contributed by atoms with Gasteiger partial charge in [0.25, 0.3) is 0 Å². The number of nitrogens with zero attached hydrogens (tertiary/aromatic N) is 3. The number of aryl methyl sites for hydroxylation is 1. The lowest BCUT2D eigenvalue weighted by atomic mass is 10.0. The molecule has 1 saturated carbocycles. The first-order valence-corrected chi connectivity index (χ1v) is 5.67. The van der Waals surface area contributed by atoms with Crippen molar-refractivity contribution in [2.75, 3.05) is 5.73 Å². The molecule has 3 rings (SSSR count). The van der Waals surface area contributed by atoms with Crippen LogP contribution < -0.4 is 5.73 Å². The molecule has 0 unspecified atom stereocenters. The second kappa shape index (κ2) is 2.97. The standard InChI is InChI=1S/C12H16N4/c1-8-7-14-16-10(13)5-9(15-11(8)16)6-12(2)3-4-12/h5,7H,3-4,6,13H2,1-2H3. The lowest BCUT2D eigenvalue weighted by Gasteiger charge is -2.09. The van der Waals surface area contributed by atoms with E-state index >= 15 is 0 Å². The van der Waals surface area contributed by atoms with Crippen molar-refractivity contribution in [1.29, 1.82) is 0 Å². The van der Waals surface area contributed by atoms with Crippen LogP contribution in [0.5, 0.6) is 0 Å². The van der Waals surface area contributed by atoms with Crippen molar-refractivity contribution in [1.82, 2.24) is 14.6 Å². The van der Waals surface area contributed by atoms with E-state index in [1.165, 1.54) is 12.8 Å². The van der Waals surface area contributed by atoms with Crippen molar-refractivity contribution in [3.05, 3.63) is 23.5 Å². The Hall–Kier alpha value is -1.58. The summed E-state index contributed by atoms with van der Waals surface area (Å²) in [6, 6.07) is 1.95. The van der Waals surface area contributed by atoms with Crippen LogP contribution in [0.3, 0.4) is 0 Å². The number of hydrogen-bond acceptors (Lipinski definition) is 3. The Morgan fingerprint density at radius 1 is 1.50 bits per heavy atom. The molecule has 0 amide bonds. The minimum atomic E-state index is 0.464. The third kappa shape index (κ3) is 1.45. The molecule has 4 nitrogen and oxygen atoms in total. The van der Waals surface area contributed by atoms with Crippen molar-refractivity contribution < 1.29 is 0 Å². The molecule has 16 heavy (non-hydrogen) atoms. The highest BCUT2D eigenvalue weighted by Crippen LogP contribution is 2.47. The molecule has 2 aromatic heterocycles. The lowest BCUT2D eigenvalue weighted by molar-refractivity contribution is 0.561. The van der Waals surface area contributed by atoms with Crippen LogP contribution in [0.2, 0.25) is 0 Å². The zero-order valence-corrected chi connectivity index (χ0v) is 9.70. The highest BCUT2D eigenvalue weighted by Gasteiger charge is 2.37. The third-order valence-electron chi connectivity index (χ3n) is 3.44. The summed E-state index contributed by atoms with van der Waals surface area (Å²) in [6.45, 7) is 4.32. The number of nitrogens with two attached hydrogens (primary N) is 1. The fourth-order valence-corrected chi connectivity index (χ4v) is 2.07. The monoisotopic (exact) mass is 216 g/mol. The molecule has 4 heteroatoms. The summed E-state index contributed by atoms with van der Waals surface area (Å²) in [7, 11) is 0. The number of anilines is 1. The Bertz CT molecular complexity index is 551. The van der Waals surface area contributed by atoms with Gasteiger partial charge in [0.2, 0.25) is 0 Å². The lowest BCUT2D eigenvalue weighted by Crippen LogP contribution is -2.07. The van der Waals surface area contributed by atoms with Gasteiger partial charge in [-0.2, -0.15) is 9.61 Å². The maximum Gasteiger partial charge on any atom is 0.160 e. The molecule has 1 aliphatic carbocycles. The van der Waals surface area contributed by atoms with Crippen LogP contribution in [0.15, 0.2) is 12.3 Å². The number of fused-ring (bicyclic) bond motifs is 1. The highest BCUT2D eigenvalue weighted by molar-refractivity contribution is 5.52. The molecule has 84 valence electrons. The number of hydrogen-bond donors (Lipinski definition) is 1. The minimum absolute atomic E-state index is 0.464. The molecule has 2 N–H and O–H groups in total. The molecule has 1 fully saturated rings. The van der Waals surface area contributed by atoms with Crippen molar-refractivity contribution in [3.63, 3.8) is 0 Å². The van der Waals surface area contributed by atoms with E-state index in [4.69, 9.17) is 5.73 Å². The average Bonchev–Trinajstić information content (AvgIpc) is 2.81. The first-order chi connectivity index (χ1) is 7.57. The van der Waals surface area contributed by atoms with Crippen LogP contribution in [-0.2, 0) is 6.42 Å². The predicted octanol–water partition coefficient (Wildman–Crippen LogP) is 1.96. The van der Waals surface area contributed by atoms with Gasteiger partial charge in [-0.1, -0.05) is 6.92 Å². The largest absolute Gasteiger partial charge is 0.384 e. The van der Waals surface area contributed by atoms with E-state index in [9.17, 15) is 0 Å². The SMILES string of the molecule is Cc1cnn2c(N)cc(CC3(C)CC3)nc12. The predicted molar refractivity (Wildman–Crippen MR) is 63.2 cm³/mol. The van der Waals surface area contributed by atoms with Crippen LogP contribution in [0.1, 0.15) is 31.0 Å². The minimum Gasteiger partial charge on any atom is -0.384 e. The molecule has 2 heterocycles. The average molecular weight is 216 g/mol. The quantitative estimate of drug-likeness (QED) is 0.834. The van der Waals surface area contributed by atoms with Crippen molar-refractivity contribution in [2.24, 2.45) is 5.41 Å². The fraction of sp³-hybridized carbons (Fsp3) is 0.500. The van der Waals surface area contributed by atoms with Crippen LogP contribution in [0.4, 0.5) is 5.82 Å². The summed E-state index contributed by atoms with van der Waals surface area (Å²) in [5.41, 5.74) is 9.49. The van der Waals surface area contributed by atoms with Gasteiger partial charge in [0.15, 0.2) is 5.65 Å². The zero-order chi connectivity index (χ0) is 11.3. The molecule has 0 atom stereocenters. The number of nitrogen functional groups attached to an aromatic ring is 1. The second-order valence-corrected chi connectivity index (χ2v) is 5.22. The van der Waals surface area contributed by atoms with Crippen molar-refractivity contribution in [2.45, 2.75) is 33.1 Å². The Morgan fingerprint density at radius 2 is 2.25 bits per heavy atom. The third-order valence-corrected chi connectivity index (χ3v) is 3.44. The van der Waals surface area contributed by atoms with E-state index in [2.05, 4.69) is 17.0 Å². The van der Waals surface area contributed by atoms with Gasteiger partial charge in [-0.25, -0.2) is 4.98 Å². The van der Waals surface area contributed by atoms with Crippen LogP contribution in [-0.4, -0.2) is 14.6 Å². The molecule has 1 aliphatic rings. The van der Waals surface area contributed by atoms with Gasteiger partial charge in [-0.05, 0) is 31.6 Å². The van der Waals surface area contributed by atoms with Gasteiger partial charge < -0.3 is 5.73 Å². The second-order valence-electron chi connectivity index (χ2n) is 5.22. The summed E-state index contributed by atoms with van der Waals surface area (Å²) < 4.78 is 1.70. The normalized spacial score (nSPS) is 17.9. The Balaban J connectivity index is 2.08. The Kier molecular flexibility index (Phi) is 1.79. The van der Waals surface area contributed by atoms with Gasteiger partial charge in [0, 0.05) is 17.3 Å². The molecule has 0 radical (unpaired) electrons. The summed E-state index contributed by atoms with van der Waals surface area (Å²) in [5, 5.41) is 4.20. The Morgan fingerprint density at radius 3 is 2.94 bits per heavy atom. The topological polar surface area (TPSA) is 56.2 Å². The van der Waals surface area contributed by atoms with E-state index in [1.807, 2.05) is 13.0 Å². The zero-order valence-electron chi connectivity index (χ0n) is 9.70. The van der Waals surface area contributed by atoms with E-state index < -0.39 is 0 Å². The van der Waals surface area contributed by atoms with Gasteiger partial charge in [-0.15, -0.1) is 0 Å². The van der Waals surface area contributed by atoms with Crippen molar-refractivity contribution in [3.8, 4) is 0 Å². The molecular weight excluding hydrogens is 200 g/mol. The van der Waals surface area contributed by atoms with E-state index in [-0.39, 0.29) is 0 Å². The number of rotatable bonds is 2. The molecule has 0 saturated heterocycles. The first kappa shape index (κ1) is 9.63. The van der Waals surface area contributed by atoms with Crippen molar-refractivity contribution >= 4 is 11.5 Å². The maximum atomic E-state index is 5.97. The summed E-state index contributed by atoms with van der Waals surface area (Å²) in [6.07, 6.45) is 5.44. The fourth-order valence-electron chi connectivity index (χ4n) is 2.07. The van der Waals surface area contributed by atoms with Gasteiger partial charge >= 0.3 is 0 Å². The van der Waals surface area contributed by atoms with E-state index in [1.54, 1.807) is 10.7 Å². The Labute approximate surface area is 94.5 Å². The van der Waals surface area contributed by atoms with Gasteiger partial charge in [0.1, 0.15) is 5.82 Å². The summed E-state index contributed by atoms with van der Waals surface area (Å²) in [5.74, 6) is 0.678. The first-order valence-electron chi connectivity index (χ1n) is 5.67. The van der Waals surface area contributed by atoms with Crippen LogP contribution in [0, 0.1) is 12.3 Å². The summed E-state index contributed by atoms with van der Waals surface area (Å²) in [4.78, 5) is 4.64. The van der Waals surface area contributed by atoms with Gasteiger partial charge in [0.05, 0.1) is 6.20 Å². The molecule has 2 aromatic rings. The smallest absolute Gasteiger partial charge is 0.160 e. The number of aromatic nitrogens is 3. The van der Waals surface area contributed by atoms with Gasteiger partial charge in [-0.3, -0.25) is 0 Å². The molecular formula is C12H16N4. The van der Waals surface area contributed by atoms with Crippen LogP contribution >= 0.6 is 0 Å². The molecule has 0 spiro atoms. The molecule has 0 aliphatic heterocycles. The molecule has 0 aromatic carbocycles. The molecule has 0 bridgehead atoms.